The van der Waals surface area contributed by atoms with Crippen LogP contribution >= 0.6 is 22.9 Å². The number of rotatable bonds is 5. The number of alkyl halides is 3. The summed E-state index contributed by atoms with van der Waals surface area (Å²) in [6.07, 6.45) is -3.93. The van der Waals surface area contributed by atoms with E-state index in [1.807, 2.05) is 6.92 Å². The highest BCUT2D eigenvalue weighted by Gasteiger charge is 2.40. The summed E-state index contributed by atoms with van der Waals surface area (Å²) >= 11 is 6.94. The Morgan fingerprint density at radius 1 is 1.23 bits per heavy atom. The van der Waals surface area contributed by atoms with Gasteiger partial charge in [0, 0.05) is 5.02 Å². The van der Waals surface area contributed by atoms with Gasteiger partial charge in [0.05, 0.1) is 34.3 Å². The van der Waals surface area contributed by atoms with E-state index in [9.17, 15) is 18.0 Å². The minimum absolute atomic E-state index is 0.124. The molecule has 0 fully saturated rings. The Morgan fingerprint density at radius 3 is 2.65 bits per heavy atom. The number of nitrogens with zero attached hydrogens (tertiary/aromatic N) is 3. The SMILES string of the molecule is CCOc1ccc2nc(NC(=O)c3cnn(-c4ccc(Cl)cc4)c3C(F)(F)F)sc2c1. The maximum absolute atomic E-state index is 13.8. The van der Waals surface area contributed by atoms with Gasteiger partial charge in [0.25, 0.3) is 5.91 Å². The van der Waals surface area contributed by atoms with Crippen molar-refractivity contribution in [1.82, 2.24) is 14.8 Å². The Kier molecular flexibility index (Phi) is 5.59. The van der Waals surface area contributed by atoms with E-state index in [1.54, 1.807) is 18.2 Å². The first-order valence-corrected chi connectivity index (χ1v) is 10.2. The number of aromatic nitrogens is 3. The number of anilines is 1. The van der Waals surface area contributed by atoms with Crippen LogP contribution in [0, 0.1) is 0 Å². The van der Waals surface area contributed by atoms with E-state index in [-0.39, 0.29) is 10.8 Å². The number of nitrogens with one attached hydrogen (secondary N) is 1. The van der Waals surface area contributed by atoms with Gasteiger partial charge in [0.15, 0.2) is 10.8 Å². The molecule has 31 heavy (non-hydrogen) atoms. The number of carbonyl (C=O) groups is 1. The third-order valence-corrected chi connectivity index (χ3v) is 5.43. The van der Waals surface area contributed by atoms with E-state index in [2.05, 4.69) is 15.4 Å². The van der Waals surface area contributed by atoms with Crippen LogP contribution in [0.5, 0.6) is 5.75 Å². The maximum Gasteiger partial charge on any atom is 0.434 e. The summed E-state index contributed by atoms with van der Waals surface area (Å²) in [4.78, 5) is 16.9. The zero-order valence-corrected chi connectivity index (χ0v) is 17.5. The maximum atomic E-state index is 13.8. The molecule has 4 aromatic rings. The van der Waals surface area contributed by atoms with Crippen LogP contribution in [-0.4, -0.2) is 27.3 Å². The van der Waals surface area contributed by atoms with Crippen molar-refractivity contribution in [3.63, 3.8) is 0 Å². The highest BCUT2D eigenvalue weighted by molar-refractivity contribution is 7.22. The summed E-state index contributed by atoms with van der Waals surface area (Å²) < 4.78 is 48.2. The standard InChI is InChI=1S/C20H14ClF3N4O2S/c1-2-30-13-7-8-15-16(9-13)31-19(26-15)27-18(29)14-10-25-28(17(14)20(22,23)24)12-5-3-11(21)4-6-12/h3-10H,2H2,1H3,(H,26,27,29). The van der Waals surface area contributed by atoms with E-state index in [0.29, 0.717) is 27.6 Å². The Bertz CT molecular complexity index is 1250. The van der Waals surface area contributed by atoms with Gasteiger partial charge in [-0.1, -0.05) is 22.9 Å². The molecule has 0 atom stereocenters. The largest absolute Gasteiger partial charge is 0.494 e. The second kappa shape index (κ2) is 8.20. The highest BCUT2D eigenvalue weighted by atomic mass is 35.5. The van der Waals surface area contributed by atoms with Gasteiger partial charge in [0.2, 0.25) is 0 Å². The van der Waals surface area contributed by atoms with E-state index < -0.39 is 23.3 Å². The normalized spacial score (nSPS) is 11.6. The minimum atomic E-state index is -4.82. The fraction of sp³-hybridized carbons (Fsp3) is 0.150. The van der Waals surface area contributed by atoms with E-state index >= 15 is 0 Å². The molecule has 0 saturated carbocycles. The number of fused-ring (bicyclic) bond motifs is 1. The van der Waals surface area contributed by atoms with E-state index in [1.165, 1.54) is 24.3 Å². The molecular formula is C20H14ClF3N4O2S. The number of amides is 1. The van der Waals surface area contributed by atoms with Crippen molar-refractivity contribution in [3.05, 3.63) is 64.9 Å². The first-order valence-electron chi connectivity index (χ1n) is 9.02. The predicted octanol–water partition coefficient (Wildman–Crippen LogP) is 5.81. The molecule has 11 heteroatoms. The van der Waals surface area contributed by atoms with Crippen molar-refractivity contribution in [1.29, 1.82) is 0 Å². The van der Waals surface area contributed by atoms with Gasteiger partial charge < -0.3 is 4.74 Å². The Balaban J connectivity index is 1.67. The number of carbonyl (C=O) groups excluding carboxylic acids is 1. The second-order valence-corrected chi connectivity index (χ2v) is 7.80. The molecule has 1 amide bonds. The van der Waals surface area contributed by atoms with Crippen molar-refractivity contribution < 1.29 is 22.7 Å². The number of ether oxygens (including phenoxy) is 1. The lowest BCUT2D eigenvalue weighted by molar-refractivity contribution is -0.143. The quantitative estimate of drug-likeness (QED) is 0.403. The first-order chi connectivity index (χ1) is 14.8. The van der Waals surface area contributed by atoms with Gasteiger partial charge in [-0.05, 0) is 49.4 Å². The Morgan fingerprint density at radius 2 is 1.97 bits per heavy atom. The van der Waals surface area contributed by atoms with E-state index in [0.717, 1.165) is 22.2 Å². The van der Waals surface area contributed by atoms with Crippen molar-refractivity contribution in [2.24, 2.45) is 0 Å². The van der Waals surface area contributed by atoms with Crippen molar-refractivity contribution in [2.45, 2.75) is 13.1 Å². The molecule has 160 valence electrons. The summed E-state index contributed by atoms with van der Waals surface area (Å²) in [6, 6.07) is 10.9. The highest BCUT2D eigenvalue weighted by Crippen LogP contribution is 2.35. The summed E-state index contributed by atoms with van der Waals surface area (Å²) in [5.41, 5.74) is -1.08. The van der Waals surface area contributed by atoms with Crippen LogP contribution in [0.4, 0.5) is 18.3 Å². The van der Waals surface area contributed by atoms with Crippen molar-refractivity contribution in [2.75, 3.05) is 11.9 Å². The topological polar surface area (TPSA) is 69.0 Å². The monoisotopic (exact) mass is 466 g/mol. The summed E-state index contributed by atoms with van der Waals surface area (Å²) in [5.74, 6) is -0.322. The predicted molar refractivity (Wildman–Crippen MR) is 112 cm³/mol. The van der Waals surface area contributed by atoms with Gasteiger partial charge in [0.1, 0.15) is 5.75 Å². The Hall–Kier alpha value is -3.11. The van der Waals surface area contributed by atoms with E-state index in [4.69, 9.17) is 16.3 Å². The van der Waals surface area contributed by atoms with Crippen molar-refractivity contribution in [3.8, 4) is 11.4 Å². The number of hydrogen-bond donors (Lipinski definition) is 1. The molecular weight excluding hydrogens is 453 g/mol. The van der Waals surface area contributed by atoms with Crippen LogP contribution in [0.15, 0.2) is 48.7 Å². The van der Waals surface area contributed by atoms with Gasteiger partial charge in [-0.2, -0.15) is 18.3 Å². The molecule has 1 N–H and O–H groups in total. The van der Waals surface area contributed by atoms with Gasteiger partial charge >= 0.3 is 6.18 Å². The zero-order valence-electron chi connectivity index (χ0n) is 15.9. The molecule has 2 aromatic carbocycles. The van der Waals surface area contributed by atoms with Gasteiger partial charge in [-0.3, -0.25) is 10.1 Å². The molecule has 0 unspecified atom stereocenters. The molecule has 2 heterocycles. The van der Waals surface area contributed by atoms with Crippen molar-refractivity contribution >= 4 is 44.2 Å². The molecule has 4 rings (SSSR count). The molecule has 0 aliphatic carbocycles. The average molecular weight is 467 g/mol. The molecule has 0 radical (unpaired) electrons. The van der Waals surface area contributed by atoms with Crippen LogP contribution in [0.2, 0.25) is 5.02 Å². The number of thiazole rings is 1. The van der Waals surface area contributed by atoms with Crippen LogP contribution in [0.1, 0.15) is 23.0 Å². The third kappa shape index (κ3) is 4.35. The molecule has 0 saturated heterocycles. The number of halogens is 4. The van der Waals surface area contributed by atoms with Crippen LogP contribution in [0.3, 0.4) is 0 Å². The fourth-order valence-electron chi connectivity index (χ4n) is 2.94. The average Bonchev–Trinajstić information content (AvgIpc) is 3.32. The lowest BCUT2D eigenvalue weighted by Crippen LogP contribution is -2.20. The number of benzene rings is 2. The van der Waals surface area contributed by atoms with Crippen LogP contribution in [-0.2, 0) is 6.18 Å². The summed E-state index contributed by atoms with van der Waals surface area (Å²) in [7, 11) is 0. The van der Waals surface area contributed by atoms with Gasteiger partial charge in [-0.25, -0.2) is 9.67 Å². The molecule has 0 aliphatic rings. The van der Waals surface area contributed by atoms with Crippen LogP contribution in [0.25, 0.3) is 15.9 Å². The molecule has 0 bridgehead atoms. The minimum Gasteiger partial charge on any atom is -0.494 e. The molecule has 0 spiro atoms. The number of hydrogen-bond acceptors (Lipinski definition) is 5. The fourth-order valence-corrected chi connectivity index (χ4v) is 3.96. The lowest BCUT2D eigenvalue weighted by Gasteiger charge is -2.12. The van der Waals surface area contributed by atoms with Crippen LogP contribution < -0.4 is 10.1 Å². The molecule has 2 aromatic heterocycles. The third-order valence-electron chi connectivity index (χ3n) is 4.24. The summed E-state index contributed by atoms with van der Waals surface area (Å²) in [5, 5.41) is 6.75. The van der Waals surface area contributed by atoms with Gasteiger partial charge in [-0.15, -0.1) is 0 Å². The smallest absolute Gasteiger partial charge is 0.434 e. The summed E-state index contributed by atoms with van der Waals surface area (Å²) in [6.45, 7) is 2.34. The molecule has 0 aliphatic heterocycles. The Labute approximate surface area is 183 Å². The first kappa shape index (κ1) is 21.1. The zero-order chi connectivity index (χ0) is 22.2. The molecule has 6 nitrogen and oxygen atoms in total. The lowest BCUT2D eigenvalue weighted by atomic mass is 10.2. The second-order valence-electron chi connectivity index (χ2n) is 6.33.